The van der Waals surface area contributed by atoms with Crippen LogP contribution in [0.1, 0.15) is 88.7 Å². The van der Waals surface area contributed by atoms with Gasteiger partial charge in [-0.2, -0.15) is 0 Å². The van der Waals surface area contributed by atoms with Crippen molar-refractivity contribution < 1.29 is 28.7 Å². The summed E-state index contributed by atoms with van der Waals surface area (Å²) in [7, 11) is 1.83. The van der Waals surface area contributed by atoms with Crippen LogP contribution in [0.5, 0.6) is 0 Å². The third-order valence-electron chi connectivity index (χ3n) is 10.9. The number of methoxy groups -OCH3 is 2. The first-order chi connectivity index (χ1) is 27.8. The number of H-pyrrole nitrogens is 2. The molecule has 1 aliphatic carbocycles. The molecular weight excluding hydrogens is 753 g/mol. The quantitative estimate of drug-likeness (QED) is 0.0773. The molecule has 0 spiro atoms. The van der Waals surface area contributed by atoms with Gasteiger partial charge in [0.05, 0.1) is 43.9 Å². The number of alkyl carbamates (subject to hydrolysis) is 2. The van der Waals surface area contributed by atoms with Gasteiger partial charge in [-0.3, -0.25) is 9.59 Å². The van der Waals surface area contributed by atoms with Crippen molar-refractivity contribution in [3.05, 3.63) is 72.1 Å². The van der Waals surface area contributed by atoms with Crippen LogP contribution in [0.3, 0.4) is 0 Å². The monoisotopic (exact) mass is 809 g/mol. The lowest BCUT2D eigenvalue weighted by Crippen LogP contribution is -2.51. The number of ether oxygens (including phenoxy) is 2. The molecule has 2 aromatic heterocycles. The van der Waals surface area contributed by atoms with Gasteiger partial charge < -0.3 is 40.3 Å². The molecule has 309 valence electrons. The van der Waals surface area contributed by atoms with Crippen molar-refractivity contribution in [2.24, 2.45) is 11.8 Å². The zero-order chi connectivity index (χ0) is 41.7. The number of aromatic nitrogens is 4. The largest absolute Gasteiger partial charge is 0.453 e. The number of aromatic amines is 2. The fraction of sp³-hybridized carbons (Fsp3) is 0.488. The van der Waals surface area contributed by atoms with Gasteiger partial charge in [-0.05, 0) is 60.3 Å². The van der Waals surface area contributed by atoms with Crippen molar-refractivity contribution in [3.8, 4) is 33.6 Å². The minimum atomic E-state index is -0.753. The predicted molar refractivity (Wildman–Crippen MR) is 224 cm³/mol. The lowest BCUT2D eigenvalue weighted by Gasteiger charge is -2.30. The Bertz CT molecular complexity index is 2060. The molecule has 1 aliphatic heterocycles. The SMILES string of the molecule is COC(=O)N[C@H](C(=O)N[C@@H](C[Si](C)C)c1ncc(-c2ccc(-c3ccc(-c4nc([C@@H]5CCCN5C(=O)[C@@H](NC(=O)OC)C(C)C)[nH]c4C4CC4)cc3)cc2)[nH]1)C(C)C. The maximum atomic E-state index is 13.8. The van der Waals surface area contributed by atoms with E-state index in [0.717, 1.165) is 76.9 Å². The first-order valence-corrected chi connectivity index (χ1v) is 22.9. The number of hydrogen-bond acceptors (Lipinski definition) is 8. The lowest BCUT2D eigenvalue weighted by molar-refractivity contribution is -0.135. The number of carbonyl (C=O) groups is 4. The van der Waals surface area contributed by atoms with E-state index in [4.69, 9.17) is 14.5 Å². The van der Waals surface area contributed by atoms with Crippen LogP contribution in [-0.2, 0) is 19.1 Å². The fourth-order valence-corrected chi connectivity index (χ4v) is 8.69. The van der Waals surface area contributed by atoms with E-state index < -0.39 is 33.1 Å². The van der Waals surface area contributed by atoms with Crippen LogP contribution in [-0.4, -0.2) is 90.5 Å². The third kappa shape index (κ3) is 9.80. The van der Waals surface area contributed by atoms with Crippen LogP contribution in [0.2, 0.25) is 19.1 Å². The van der Waals surface area contributed by atoms with Gasteiger partial charge in [0, 0.05) is 32.5 Å². The van der Waals surface area contributed by atoms with Crippen molar-refractivity contribution in [1.29, 1.82) is 0 Å². The van der Waals surface area contributed by atoms with Gasteiger partial charge in [-0.15, -0.1) is 0 Å². The Balaban J connectivity index is 1.16. The highest BCUT2D eigenvalue weighted by atomic mass is 28.3. The molecule has 0 bridgehead atoms. The molecule has 0 unspecified atom stereocenters. The topological polar surface area (TPSA) is 183 Å². The maximum Gasteiger partial charge on any atom is 0.407 e. The van der Waals surface area contributed by atoms with E-state index in [-0.39, 0.29) is 35.7 Å². The normalized spacial score (nSPS) is 16.9. The van der Waals surface area contributed by atoms with Gasteiger partial charge in [-0.1, -0.05) is 89.3 Å². The van der Waals surface area contributed by atoms with Crippen LogP contribution in [0.25, 0.3) is 33.6 Å². The number of nitrogens with zero attached hydrogens (tertiary/aromatic N) is 3. The Hall–Kier alpha value is -5.44. The number of rotatable bonds is 15. The van der Waals surface area contributed by atoms with Gasteiger partial charge in [-0.25, -0.2) is 19.6 Å². The second kappa shape index (κ2) is 18.4. The summed E-state index contributed by atoms with van der Waals surface area (Å²) in [4.78, 5) is 69.8. The summed E-state index contributed by atoms with van der Waals surface area (Å²) in [5.41, 5.74) is 7.00. The number of amides is 4. The Morgan fingerprint density at radius 3 is 1.91 bits per heavy atom. The highest BCUT2D eigenvalue weighted by Crippen LogP contribution is 2.45. The summed E-state index contributed by atoms with van der Waals surface area (Å²) in [6, 6.07) is 15.5. The van der Waals surface area contributed by atoms with E-state index in [0.29, 0.717) is 18.3 Å². The van der Waals surface area contributed by atoms with Crippen LogP contribution in [0.4, 0.5) is 9.59 Å². The summed E-state index contributed by atoms with van der Waals surface area (Å²) in [5, 5.41) is 8.50. The van der Waals surface area contributed by atoms with Gasteiger partial charge in [0.25, 0.3) is 0 Å². The van der Waals surface area contributed by atoms with Gasteiger partial charge >= 0.3 is 12.2 Å². The fourth-order valence-electron chi connectivity index (χ4n) is 7.57. The molecule has 4 aromatic rings. The Morgan fingerprint density at radius 2 is 1.36 bits per heavy atom. The van der Waals surface area contributed by atoms with Crippen LogP contribution in [0, 0.1) is 11.8 Å². The van der Waals surface area contributed by atoms with E-state index in [9.17, 15) is 19.2 Å². The molecule has 5 N–H and O–H groups in total. The van der Waals surface area contributed by atoms with Crippen LogP contribution >= 0.6 is 0 Å². The third-order valence-corrected chi connectivity index (χ3v) is 12.2. The number of benzene rings is 2. The van der Waals surface area contributed by atoms with E-state index in [1.165, 1.54) is 14.2 Å². The highest BCUT2D eigenvalue weighted by Gasteiger charge is 2.39. The Labute approximate surface area is 342 Å². The molecule has 2 aliphatic rings. The molecule has 4 atom stereocenters. The Morgan fingerprint density at radius 1 is 0.793 bits per heavy atom. The summed E-state index contributed by atoms with van der Waals surface area (Å²) >= 11 is 0. The average Bonchev–Trinajstić information content (AvgIpc) is 3.55. The maximum absolute atomic E-state index is 13.8. The number of imidazole rings is 2. The number of nitrogens with one attached hydrogen (secondary N) is 5. The molecule has 1 radical (unpaired) electrons. The first kappa shape index (κ1) is 42.2. The van der Waals surface area contributed by atoms with Gasteiger partial charge in [0.15, 0.2) is 0 Å². The molecule has 2 aromatic carbocycles. The number of likely N-dealkylation sites (tertiary alicyclic amines) is 1. The second-order valence-corrected chi connectivity index (χ2v) is 19.2. The molecule has 3 heterocycles. The van der Waals surface area contributed by atoms with Gasteiger partial charge in [0.1, 0.15) is 23.7 Å². The Kier molecular flexibility index (Phi) is 13.4. The minimum Gasteiger partial charge on any atom is -0.453 e. The smallest absolute Gasteiger partial charge is 0.407 e. The van der Waals surface area contributed by atoms with E-state index in [1.54, 1.807) is 6.20 Å². The minimum absolute atomic E-state index is 0.104. The van der Waals surface area contributed by atoms with Crippen molar-refractivity contribution in [3.63, 3.8) is 0 Å². The summed E-state index contributed by atoms with van der Waals surface area (Å²) < 4.78 is 9.54. The molecule has 14 nitrogen and oxygen atoms in total. The van der Waals surface area contributed by atoms with E-state index in [1.807, 2.05) is 32.6 Å². The molecule has 6 rings (SSSR count). The average molecular weight is 810 g/mol. The molecule has 58 heavy (non-hydrogen) atoms. The van der Waals surface area contributed by atoms with Crippen LogP contribution < -0.4 is 16.0 Å². The van der Waals surface area contributed by atoms with Crippen LogP contribution in [0.15, 0.2) is 54.7 Å². The zero-order valence-electron chi connectivity index (χ0n) is 34.8. The highest BCUT2D eigenvalue weighted by molar-refractivity contribution is 6.55. The standard InChI is InChI=1S/C43H57N8O6Si/c1-24(2)34(49-42(54)56-5)40(52)46-32(23-58(7)8)38-44-22-31(45-38)28-15-11-26(12-16-28)27-13-17-29(18-14-27)36-37(30-19-20-30)48-39(47-36)33-10-9-21-51(33)41(53)35(25(3)4)50-43(55)57-6/h11-18,22,24-25,30,32-35H,9-10,19-21,23H2,1-8H3,(H,44,45)(H,46,52)(H,47,48)(H,49,54)(H,50,55)/t32-,33-,34-,35-/m0/s1. The molecule has 1 saturated heterocycles. The van der Waals surface area contributed by atoms with Crippen molar-refractivity contribution in [2.45, 2.75) is 103 Å². The summed E-state index contributed by atoms with van der Waals surface area (Å²) in [6.45, 7) is 12.6. The molecule has 1 saturated carbocycles. The number of carbonyl (C=O) groups excluding carboxylic acids is 4. The lowest BCUT2D eigenvalue weighted by atomic mass is 10.00. The molecule has 4 amide bonds. The van der Waals surface area contributed by atoms with Crippen molar-refractivity contribution in [1.82, 2.24) is 40.8 Å². The van der Waals surface area contributed by atoms with E-state index in [2.05, 4.69) is 92.5 Å². The first-order valence-electron chi connectivity index (χ1n) is 20.2. The molecular formula is C43H57N8O6Si. The van der Waals surface area contributed by atoms with Crippen molar-refractivity contribution in [2.75, 3.05) is 20.8 Å². The van der Waals surface area contributed by atoms with E-state index >= 15 is 0 Å². The second-order valence-electron chi connectivity index (χ2n) is 16.4. The van der Waals surface area contributed by atoms with Gasteiger partial charge in [0.2, 0.25) is 11.8 Å². The summed E-state index contributed by atoms with van der Waals surface area (Å²) in [5.74, 6) is 1.24. The molecule has 2 fully saturated rings. The zero-order valence-corrected chi connectivity index (χ0v) is 35.8. The number of hydrogen-bond donors (Lipinski definition) is 5. The predicted octanol–water partition coefficient (Wildman–Crippen LogP) is 7.35. The van der Waals surface area contributed by atoms with Crippen molar-refractivity contribution >= 4 is 32.8 Å². The summed E-state index contributed by atoms with van der Waals surface area (Å²) in [6.07, 6.45) is 4.39. The molecule has 15 heteroatoms.